The monoisotopic (exact) mass is 345 g/mol. The van der Waals surface area contributed by atoms with Crippen LogP contribution in [0.5, 0.6) is 0 Å². The standard InChI is InChI=1S/C16H31N3O3S/c1-6-23(21,22)19-9-7-8-12(11-19)15(20)17-13-10-14(18(4)5)16(13,2)3/h12-14H,6-11H2,1-5H3,(H,17,20). The van der Waals surface area contributed by atoms with Crippen LogP contribution in [0.3, 0.4) is 0 Å². The highest BCUT2D eigenvalue weighted by atomic mass is 32.2. The minimum absolute atomic E-state index is 0.0104. The van der Waals surface area contributed by atoms with Crippen molar-refractivity contribution in [2.24, 2.45) is 11.3 Å². The Morgan fingerprint density at radius 3 is 2.52 bits per heavy atom. The smallest absolute Gasteiger partial charge is 0.224 e. The zero-order valence-corrected chi connectivity index (χ0v) is 15.8. The van der Waals surface area contributed by atoms with E-state index in [0.717, 1.165) is 19.3 Å². The van der Waals surface area contributed by atoms with E-state index in [1.807, 2.05) is 0 Å². The summed E-state index contributed by atoms with van der Waals surface area (Å²) < 4.78 is 25.5. The van der Waals surface area contributed by atoms with Crippen LogP contribution < -0.4 is 5.32 Å². The van der Waals surface area contributed by atoms with Gasteiger partial charge in [0.05, 0.1) is 11.7 Å². The molecule has 3 unspecified atom stereocenters. The number of nitrogens with zero attached hydrogens (tertiary/aromatic N) is 2. The Morgan fingerprint density at radius 2 is 2.00 bits per heavy atom. The van der Waals surface area contributed by atoms with E-state index in [1.54, 1.807) is 6.92 Å². The lowest BCUT2D eigenvalue weighted by atomic mass is 9.62. The van der Waals surface area contributed by atoms with E-state index >= 15 is 0 Å². The highest BCUT2D eigenvalue weighted by Crippen LogP contribution is 2.43. The van der Waals surface area contributed by atoms with Crippen LogP contribution in [0.25, 0.3) is 0 Å². The van der Waals surface area contributed by atoms with Gasteiger partial charge in [0.2, 0.25) is 15.9 Å². The Balaban J connectivity index is 1.94. The third-order valence-electron chi connectivity index (χ3n) is 5.67. The van der Waals surface area contributed by atoms with Crippen LogP contribution in [0.2, 0.25) is 0 Å². The molecular formula is C16H31N3O3S. The molecule has 1 aliphatic carbocycles. The minimum atomic E-state index is -3.20. The number of nitrogens with one attached hydrogen (secondary N) is 1. The lowest BCUT2D eigenvalue weighted by Crippen LogP contribution is -2.66. The highest BCUT2D eigenvalue weighted by molar-refractivity contribution is 7.89. The first-order valence-electron chi connectivity index (χ1n) is 8.54. The van der Waals surface area contributed by atoms with Crippen molar-refractivity contribution in [1.29, 1.82) is 0 Å². The first-order chi connectivity index (χ1) is 10.6. The zero-order valence-electron chi connectivity index (χ0n) is 15.0. The summed E-state index contributed by atoms with van der Waals surface area (Å²) in [5.41, 5.74) is 0.0447. The van der Waals surface area contributed by atoms with Crippen molar-refractivity contribution in [3.8, 4) is 0 Å². The molecule has 0 radical (unpaired) electrons. The van der Waals surface area contributed by atoms with E-state index in [2.05, 4.69) is 38.2 Å². The molecule has 0 aromatic rings. The number of amides is 1. The topological polar surface area (TPSA) is 69.7 Å². The number of carbonyl (C=O) groups excluding carboxylic acids is 1. The summed E-state index contributed by atoms with van der Waals surface area (Å²) >= 11 is 0. The van der Waals surface area contributed by atoms with Crippen LogP contribution in [0, 0.1) is 11.3 Å². The molecule has 1 amide bonds. The van der Waals surface area contributed by atoms with Gasteiger partial charge < -0.3 is 10.2 Å². The molecule has 0 aromatic carbocycles. The predicted octanol–water partition coefficient (Wildman–Crippen LogP) is 0.893. The van der Waals surface area contributed by atoms with Crippen molar-refractivity contribution in [2.75, 3.05) is 32.9 Å². The van der Waals surface area contributed by atoms with Crippen molar-refractivity contribution in [1.82, 2.24) is 14.5 Å². The van der Waals surface area contributed by atoms with Gasteiger partial charge in [-0.25, -0.2) is 12.7 Å². The number of hydrogen-bond donors (Lipinski definition) is 1. The molecule has 0 spiro atoms. The normalized spacial score (nSPS) is 31.7. The number of hydrogen-bond acceptors (Lipinski definition) is 4. The molecule has 1 saturated heterocycles. The number of sulfonamides is 1. The lowest BCUT2D eigenvalue weighted by molar-refractivity contribution is -0.131. The van der Waals surface area contributed by atoms with Gasteiger partial charge in [-0.2, -0.15) is 0 Å². The number of piperidine rings is 1. The van der Waals surface area contributed by atoms with Gasteiger partial charge in [0, 0.05) is 30.6 Å². The average Bonchev–Trinajstić information content (AvgIpc) is 2.50. The van der Waals surface area contributed by atoms with Gasteiger partial charge in [0.1, 0.15) is 0 Å². The van der Waals surface area contributed by atoms with E-state index < -0.39 is 10.0 Å². The van der Waals surface area contributed by atoms with Gasteiger partial charge in [-0.3, -0.25) is 4.79 Å². The maximum Gasteiger partial charge on any atom is 0.224 e. The van der Waals surface area contributed by atoms with Crippen LogP contribution in [-0.2, 0) is 14.8 Å². The molecule has 1 aliphatic heterocycles. The fraction of sp³-hybridized carbons (Fsp3) is 0.938. The van der Waals surface area contributed by atoms with Gasteiger partial charge >= 0.3 is 0 Å². The van der Waals surface area contributed by atoms with Crippen molar-refractivity contribution < 1.29 is 13.2 Å². The summed E-state index contributed by atoms with van der Waals surface area (Å²) in [4.78, 5) is 14.8. The van der Waals surface area contributed by atoms with Crippen LogP contribution >= 0.6 is 0 Å². The maximum atomic E-state index is 12.6. The Kier molecular flexibility index (Phi) is 5.43. The Morgan fingerprint density at radius 1 is 1.35 bits per heavy atom. The summed E-state index contributed by atoms with van der Waals surface area (Å²) in [5, 5.41) is 3.16. The van der Waals surface area contributed by atoms with Gasteiger partial charge in [-0.1, -0.05) is 13.8 Å². The zero-order chi connectivity index (χ0) is 17.4. The Labute approximate surface area is 140 Å². The average molecular weight is 346 g/mol. The molecule has 7 heteroatoms. The molecule has 2 rings (SSSR count). The third-order valence-corrected chi connectivity index (χ3v) is 7.52. The van der Waals surface area contributed by atoms with E-state index in [0.29, 0.717) is 19.1 Å². The van der Waals surface area contributed by atoms with Gasteiger partial charge in [-0.05, 0) is 40.3 Å². The van der Waals surface area contributed by atoms with E-state index in [1.165, 1.54) is 4.31 Å². The van der Waals surface area contributed by atoms with Crippen molar-refractivity contribution in [3.05, 3.63) is 0 Å². The second-order valence-corrected chi connectivity index (χ2v) is 9.95. The molecule has 0 bridgehead atoms. The Hall–Kier alpha value is -0.660. The summed E-state index contributed by atoms with van der Waals surface area (Å²) in [5.74, 6) is -0.114. The first kappa shape index (κ1) is 18.7. The van der Waals surface area contributed by atoms with E-state index in [9.17, 15) is 13.2 Å². The van der Waals surface area contributed by atoms with Crippen LogP contribution in [0.4, 0.5) is 0 Å². The maximum absolute atomic E-state index is 12.6. The molecule has 3 atom stereocenters. The van der Waals surface area contributed by atoms with Gasteiger partial charge in [-0.15, -0.1) is 0 Å². The predicted molar refractivity (Wildman–Crippen MR) is 91.6 cm³/mol. The van der Waals surface area contributed by atoms with Crippen molar-refractivity contribution in [2.45, 2.75) is 52.1 Å². The van der Waals surface area contributed by atoms with Crippen molar-refractivity contribution in [3.63, 3.8) is 0 Å². The third kappa shape index (κ3) is 3.72. The quantitative estimate of drug-likeness (QED) is 0.803. The van der Waals surface area contributed by atoms with Gasteiger partial charge in [0.25, 0.3) is 0 Å². The van der Waals surface area contributed by atoms with Crippen LogP contribution in [0.15, 0.2) is 0 Å². The fourth-order valence-corrected chi connectivity index (χ4v) is 5.08. The van der Waals surface area contributed by atoms with E-state index in [-0.39, 0.29) is 29.0 Å². The first-order valence-corrected chi connectivity index (χ1v) is 10.1. The minimum Gasteiger partial charge on any atom is -0.352 e. The largest absolute Gasteiger partial charge is 0.352 e. The second-order valence-electron chi connectivity index (χ2n) is 7.70. The van der Waals surface area contributed by atoms with Crippen LogP contribution in [-0.4, -0.2) is 68.6 Å². The molecule has 1 heterocycles. The molecular weight excluding hydrogens is 314 g/mol. The molecule has 134 valence electrons. The second kappa shape index (κ2) is 6.69. The Bertz CT molecular complexity index is 545. The number of rotatable bonds is 5. The highest BCUT2D eigenvalue weighted by Gasteiger charge is 2.50. The lowest BCUT2D eigenvalue weighted by Gasteiger charge is -2.55. The molecule has 2 aliphatic rings. The van der Waals surface area contributed by atoms with E-state index in [4.69, 9.17) is 0 Å². The summed E-state index contributed by atoms with van der Waals surface area (Å²) in [6.07, 6.45) is 2.48. The summed E-state index contributed by atoms with van der Waals surface area (Å²) in [6, 6.07) is 0.636. The van der Waals surface area contributed by atoms with Crippen LogP contribution in [0.1, 0.15) is 40.0 Å². The summed E-state index contributed by atoms with van der Waals surface area (Å²) in [7, 11) is 0.933. The molecule has 1 N–H and O–H groups in total. The molecule has 2 fully saturated rings. The molecule has 23 heavy (non-hydrogen) atoms. The molecule has 6 nitrogen and oxygen atoms in total. The summed E-state index contributed by atoms with van der Waals surface area (Å²) in [6.45, 7) is 6.88. The molecule has 0 aromatic heterocycles. The molecule has 1 saturated carbocycles. The number of carbonyl (C=O) groups is 1. The SMILES string of the molecule is CCS(=O)(=O)N1CCCC(C(=O)NC2CC(N(C)C)C2(C)C)C1. The van der Waals surface area contributed by atoms with Crippen molar-refractivity contribution >= 4 is 15.9 Å². The fourth-order valence-electron chi connectivity index (χ4n) is 3.90. The van der Waals surface area contributed by atoms with Gasteiger partial charge in [0.15, 0.2) is 0 Å².